The number of rotatable bonds is 3. The topological polar surface area (TPSA) is 26.0 Å². The zero-order chi connectivity index (χ0) is 10.3. The van der Waals surface area contributed by atoms with E-state index in [1.54, 1.807) is 0 Å². The van der Waals surface area contributed by atoms with Crippen LogP contribution in [-0.2, 0) is 0 Å². The van der Waals surface area contributed by atoms with Crippen LogP contribution in [0.3, 0.4) is 0 Å². The fourth-order valence-electron chi connectivity index (χ4n) is 3.11. The molecule has 2 N–H and O–H groups in total. The SMILES string of the molecule is CC(CC1CC(N)C1(C)C)C1CCC1. The summed E-state index contributed by atoms with van der Waals surface area (Å²) in [6, 6.07) is 0.459. The second-order valence-corrected chi connectivity index (χ2v) is 6.26. The van der Waals surface area contributed by atoms with Gasteiger partial charge in [-0.15, -0.1) is 0 Å². The predicted octanol–water partition coefficient (Wildman–Crippen LogP) is 3.19. The summed E-state index contributed by atoms with van der Waals surface area (Å²) < 4.78 is 0. The van der Waals surface area contributed by atoms with E-state index in [-0.39, 0.29) is 0 Å². The molecule has 3 atom stereocenters. The van der Waals surface area contributed by atoms with Crippen molar-refractivity contribution in [3.63, 3.8) is 0 Å². The lowest BCUT2D eigenvalue weighted by Crippen LogP contribution is -2.55. The van der Waals surface area contributed by atoms with Crippen molar-refractivity contribution in [2.24, 2.45) is 28.9 Å². The van der Waals surface area contributed by atoms with Crippen molar-refractivity contribution in [3.8, 4) is 0 Å². The van der Waals surface area contributed by atoms with Crippen LogP contribution in [0.2, 0.25) is 0 Å². The lowest BCUT2D eigenvalue weighted by molar-refractivity contribution is 0.00794. The molecule has 0 bridgehead atoms. The molecule has 0 radical (unpaired) electrons. The Hall–Kier alpha value is -0.0400. The van der Waals surface area contributed by atoms with E-state index in [9.17, 15) is 0 Å². The van der Waals surface area contributed by atoms with Gasteiger partial charge in [0.2, 0.25) is 0 Å². The monoisotopic (exact) mass is 195 g/mol. The molecule has 0 aromatic carbocycles. The summed E-state index contributed by atoms with van der Waals surface area (Å²) in [6.07, 6.45) is 7.14. The first kappa shape index (κ1) is 10.5. The largest absolute Gasteiger partial charge is 0.327 e. The molecule has 82 valence electrons. The Balaban J connectivity index is 1.80. The molecule has 14 heavy (non-hydrogen) atoms. The molecule has 0 aromatic heterocycles. The van der Waals surface area contributed by atoms with Crippen molar-refractivity contribution < 1.29 is 0 Å². The van der Waals surface area contributed by atoms with E-state index in [0.717, 1.165) is 17.8 Å². The molecule has 2 aliphatic rings. The average molecular weight is 195 g/mol. The van der Waals surface area contributed by atoms with Gasteiger partial charge in [0.1, 0.15) is 0 Å². The van der Waals surface area contributed by atoms with Gasteiger partial charge in [0.25, 0.3) is 0 Å². The van der Waals surface area contributed by atoms with Crippen LogP contribution in [0, 0.1) is 23.2 Å². The Morgan fingerprint density at radius 3 is 2.36 bits per heavy atom. The maximum absolute atomic E-state index is 6.04. The van der Waals surface area contributed by atoms with Gasteiger partial charge in [0.05, 0.1) is 0 Å². The van der Waals surface area contributed by atoms with Crippen molar-refractivity contribution in [1.82, 2.24) is 0 Å². The molecule has 0 heterocycles. The molecule has 0 spiro atoms. The van der Waals surface area contributed by atoms with Gasteiger partial charge < -0.3 is 5.73 Å². The smallest absolute Gasteiger partial charge is 0.00957 e. The molecule has 1 heteroatoms. The van der Waals surface area contributed by atoms with Crippen molar-refractivity contribution in [1.29, 1.82) is 0 Å². The molecule has 2 rings (SSSR count). The van der Waals surface area contributed by atoms with Crippen molar-refractivity contribution in [2.45, 2.75) is 58.9 Å². The molecule has 3 unspecified atom stereocenters. The Kier molecular flexibility index (Phi) is 2.63. The van der Waals surface area contributed by atoms with Crippen LogP contribution in [0.5, 0.6) is 0 Å². The highest BCUT2D eigenvalue weighted by molar-refractivity contribution is 5.00. The Labute approximate surface area is 88.4 Å². The van der Waals surface area contributed by atoms with Crippen molar-refractivity contribution in [2.75, 3.05) is 0 Å². The highest BCUT2D eigenvalue weighted by atomic mass is 14.8. The minimum Gasteiger partial charge on any atom is -0.327 e. The average Bonchev–Trinajstić information content (AvgIpc) is 2.00. The third-order valence-corrected chi connectivity index (χ3v) is 5.16. The standard InChI is InChI=1S/C13H25N/c1-9(10-5-4-6-10)7-11-8-12(14)13(11,2)3/h9-12H,4-8,14H2,1-3H3. The van der Waals surface area contributed by atoms with Crippen LogP contribution in [0.15, 0.2) is 0 Å². The highest BCUT2D eigenvalue weighted by Crippen LogP contribution is 2.50. The van der Waals surface area contributed by atoms with Crippen LogP contribution < -0.4 is 5.73 Å². The summed E-state index contributed by atoms with van der Waals surface area (Å²) >= 11 is 0. The van der Waals surface area contributed by atoms with Crippen LogP contribution in [0.4, 0.5) is 0 Å². The van der Waals surface area contributed by atoms with Gasteiger partial charge in [0, 0.05) is 6.04 Å². The van der Waals surface area contributed by atoms with Gasteiger partial charge in [-0.1, -0.05) is 40.0 Å². The van der Waals surface area contributed by atoms with E-state index >= 15 is 0 Å². The third kappa shape index (κ3) is 1.60. The molecule has 0 aliphatic heterocycles. The third-order valence-electron chi connectivity index (χ3n) is 5.16. The summed E-state index contributed by atoms with van der Waals surface area (Å²) in [6.45, 7) is 7.14. The molecule has 2 aliphatic carbocycles. The zero-order valence-corrected chi connectivity index (χ0v) is 9.92. The van der Waals surface area contributed by atoms with E-state index in [4.69, 9.17) is 5.73 Å². The first-order valence-corrected chi connectivity index (χ1v) is 6.27. The van der Waals surface area contributed by atoms with E-state index in [0.29, 0.717) is 11.5 Å². The van der Waals surface area contributed by atoms with Crippen molar-refractivity contribution >= 4 is 0 Å². The molecular formula is C13H25N. The van der Waals surface area contributed by atoms with Gasteiger partial charge in [-0.25, -0.2) is 0 Å². The number of hydrogen-bond donors (Lipinski definition) is 1. The van der Waals surface area contributed by atoms with Crippen molar-refractivity contribution in [3.05, 3.63) is 0 Å². The van der Waals surface area contributed by atoms with E-state index < -0.39 is 0 Å². The number of nitrogens with two attached hydrogens (primary N) is 1. The van der Waals surface area contributed by atoms with Crippen LogP contribution in [0.25, 0.3) is 0 Å². The van der Waals surface area contributed by atoms with Crippen LogP contribution >= 0.6 is 0 Å². The molecule has 1 nitrogen and oxygen atoms in total. The maximum atomic E-state index is 6.04. The zero-order valence-electron chi connectivity index (χ0n) is 9.92. The van der Waals surface area contributed by atoms with Crippen LogP contribution in [-0.4, -0.2) is 6.04 Å². The first-order valence-electron chi connectivity index (χ1n) is 6.27. The summed E-state index contributed by atoms with van der Waals surface area (Å²) in [4.78, 5) is 0. The summed E-state index contributed by atoms with van der Waals surface area (Å²) in [5.74, 6) is 2.89. The second kappa shape index (κ2) is 3.52. The molecule has 2 fully saturated rings. The molecular weight excluding hydrogens is 170 g/mol. The highest BCUT2D eigenvalue weighted by Gasteiger charge is 2.46. The lowest BCUT2D eigenvalue weighted by Gasteiger charge is -2.52. The van der Waals surface area contributed by atoms with E-state index in [1.807, 2.05) is 0 Å². The molecule has 0 amide bonds. The van der Waals surface area contributed by atoms with Crippen LogP contribution in [0.1, 0.15) is 52.9 Å². The van der Waals surface area contributed by atoms with E-state index in [2.05, 4.69) is 20.8 Å². The first-order chi connectivity index (χ1) is 6.51. The lowest BCUT2D eigenvalue weighted by atomic mass is 9.55. The fraction of sp³-hybridized carbons (Fsp3) is 1.00. The maximum Gasteiger partial charge on any atom is 0.00957 e. The molecule has 0 aromatic rings. The second-order valence-electron chi connectivity index (χ2n) is 6.26. The van der Waals surface area contributed by atoms with Gasteiger partial charge in [0.15, 0.2) is 0 Å². The molecule has 0 saturated heterocycles. The normalized spacial score (nSPS) is 38.6. The van der Waals surface area contributed by atoms with Gasteiger partial charge in [-0.3, -0.25) is 0 Å². The van der Waals surface area contributed by atoms with Gasteiger partial charge in [-0.05, 0) is 36.0 Å². The Morgan fingerprint density at radius 2 is 2.00 bits per heavy atom. The fourth-order valence-corrected chi connectivity index (χ4v) is 3.11. The number of hydrogen-bond acceptors (Lipinski definition) is 1. The minimum absolute atomic E-state index is 0.415. The van der Waals surface area contributed by atoms with Gasteiger partial charge >= 0.3 is 0 Å². The molecule has 2 saturated carbocycles. The van der Waals surface area contributed by atoms with Gasteiger partial charge in [-0.2, -0.15) is 0 Å². The minimum atomic E-state index is 0.415. The Morgan fingerprint density at radius 1 is 1.36 bits per heavy atom. The quantitative estimate of drug-likeness (QED) is 0.735. The summed E-state index contributed by atoms with van der Waals surface area (Å²) in [5, 5.41) is 0. The summed E-state index contributed by atoms with van der Waals surface area (Å²) in [7, 11) is 0. The summed E-state index contributed by atoms with van der Waals surface area (Å²) in [5.41, 5.74) is 6.46. The van der Waals surface area contributed by atoms with E-state index in [1.165, 1.54) is 32.1 Å². The predicted molar refractivity (Wildman–Crippen MR) is 61.0 cm³/mol. The Bertz CT molecular complexity index is 205.